The van der Waals surface area contributed by atoms with E-state index in [1.165, 1.54) is 63.1 Å². The maximum absolute atomic E-state index is 4.86. The molecule has 4 heterocycles. The maximum atomic E-state index is 4.86. The van der Waals surface area contributed by atoms with Crippen molar-refractivity contribution < 1.29 is 0 Å². The summed E-state index contributed by atoms with van der Waals surface area (Å²) in [6.45, 7) is 10.6. The van der Waals surface area contributed by atoms with Gasteiger partial charge in [0.2, 0.25) is 5.95 Å². The molecule has 1 aromatic rings. The Labute approximate surface area is 175 Å². The van der Waals surface area contributed by atoms with Gasteiger partial charge in [-0.15, -0.1) is 0 Å². The first kappa shape index (κ1) is 20.4. The van der Waals surface area contributed by atoms with Crippen LogP contribution in [0.3, 0.4) is 0 Å². The molecule has 3 fully saturated rings. The highest BCUT2D eigenvalue weighted by Gasteiger charge is 2.41. The summed E-state index contributed by atoms with van der Waals surface area (Å²) in [5.41, 5.74) is 1.34. The van der Waals surface area contributed by atoms with Crippen LogP contribution in [0.15, 0.2) is 12.4 Å². The van der Waals surface area contributed by atoms with Crippen molar-refractivity contribution in [3.8, 4) is 0 Å². The van der Waals surface area contributed by atoms with E-state index in [1.54, 1.807) is 0 Å². The normalized spacial score (nSPS) is 29.0. The summed E-state index contributed by atoms with van der Waals surface area (Å²) < 4.78 is 0. The van der Waals surface area contributed by atoms with Crippen LogP contribution >= 0.6 is 11.8 Å². The molecule has 3 aliphatic rings. The van der Waals surface area contributed by atoms with Crippen LogP contribution in [-0.2, 0) is 0 Å². The van der Waals surface area contributed by atoms with Crippen LogP contribution in [0.5, 0.6) is 0 Å². The molecule has 4 rings (SSSR count). The van der Waals surface area contributed by atoms with Crippen LogP contribution in [0.4, 0.5) is 5.95 Å². The molecule has 1 aromatic heterocycles. The van der Waals surface area contributed by atoms with Gasteiger partial charge in [0, 0.05) is 50.2 Å². The maximum Gasteiger partial charge on any atom is 0.225 e. The molecule has 3 aliphatic heterocycles. The fourth-order valence-corrected chi connectivity index (χ4v) is 5.74. The van der Waals surface area contributed by atoms with Crippen LogP contribution in [0, 0.1) is 0 Å². The molecule has 0 amide bonds. The second kappa shape index (κ2) is 9.31. The molecule has 0 saturated carbocycles. The van der Waals surface area contributed by atoms with E-state index in [0.29, 0.717) is 24.0 Å². The average molecular weight is 404 g/mol. The van der Waals surface area contributed by atoms with Crippen LogP contribution in [0.2, 0.25) is 0 Å². The van der Waals surface area contributed by atoms with Crippen molar-refractivity contribution in [3.05, 3.63) is 18.0 Å². The third-order valence-corrected chi connectivity index (χ3v) is 7.63. The zero-order chi connectivity index (χ0) is 19.5. The zero-order valence-corrected chi connectivity index (χ0v) is 18.7. The van der Waals surface area contributed by atoms with Gasteiger partial charge in [0.15, 0.2) is 0 Å². The third kappa shape index (κ3) is 4.49. The van der Waals surface area contributed by atoms with Gasteiger partial charge in [-0.25, -0.2) is 9.97 Å². The molecule has 2 bridgehead atoms. The quantitative estimate of drug-likeness (QED) is 0.649. The SMILES string of the molecule is CSCCCN1CCCC(c2cnc(N3C4CCC3CN(C(C)C)C4)nc2)C1. The van der Waals surface area contributed by atoms with Crippen LogP contribution in [-0.4, -0.2) is 82.6 Å². The third-order valence-electron chi connectivity index (χ3n) is 6.93. The molecule has 0 N–H and O–H groups in total. The lowest BCUT2D eigenvalue weighted by Crippen LogP contribution is -2.56. The molecular formula is C22H37N5S. The Morgan fingerprint density at radius 3 is 2.43 bits per heavy atom. The number of rotatable bonds is 7. The summed E-state index contributed by atoms with van der Waals surface area (Å²) in [4.78, 5) is 17.5. The first-order valence-electron chi connectivity index (χ1n) is 11.2. The highest BCUT2D eigenvalue weighted by Crippen LogP contribution is 2.34. The molecule has 156 valence electrons. The van der Waals surface area contributed by atoms with Gasteiger partial charge in [-0.1, -0.05) is 0 Å². The lowest BCUT2D eigenvalue weighted by molar-refractivity contribution is 0.176. The van der Waals surface area contributed by atoms with E-state index in [9.17, 15) is 0 Å². The van der Waals surface area contributed by atoms with Crippen molar-refractivity contribution in [1.29, 1.82) is 0 Å². The molecule has 3 unspecified atom stereocenters. The Kier molecular flexibility index (Phi) is 6.79. The summed E-state index contributed by atoms with van der Waals surface area (Å²) in [5.74, 6) is 2.84. The lowest BCUT2D eigenvalue weighted by atomic mass is 9.92. The predicted octanol–water partition coefficient (Wildman–Crippen LogP) is 3.47. The van der Waals surface area contributed by atoms with Crippen molar-refractivity contribution in [2.45, 2.75) is 70.0 Å². The summed E-state index contributed by atoms with van der Waals surface area (Å²) in [6.07, 6.45) is 12.9. The molecule has 3 atom stereocenters. The first-order valence-corrected chi connectivity index (χ1v) is 12.6. The van der Waals surface area contributed by atoms with Gasteiger partial charge in [0.05, 0.1) is 0 Å². The summed E-state index contributed by atoms with van der Waals surface area (Å²) in [6, 6.07) is 1.82. The summed E-state index contributed by atoms with van der Waals surface area (Å²) in [7, 11) is 0. The topological polar surface area (TPSA) is 35.5 Å². The molecule has 0 spiro atoms. The minimum atomic E-state index is 0.591. The number of piperidine rings is 1. The van der Waals surface area contributed by atoms with Crippen LogP contribution in [0.1, 0.15) is 57.4 Å². The van der Waals surface area contributed by atoms with Gasteiger partial charge >= 0.3 is 0 Å². The summed E-state index contributed by atoms with van der Waals surface area (Å²) >= 11 is 1.96. The number of thioether (sulfide) groups is 1. The van der Waals surface area contributed by atoms with Crippen molar-refractivity contribution >= 4 is 17.7 Å². The molecule has 6 heteroatoms. The Hall–Kier alpha value is -0.850. The van der Waals surface area contributed by atoms with Gasteiger partial charge in [0.25, 0.3) is 0 Å². The van der Waals surface area contributed by atoms with Crippen molar-refractivity contribution in [2.75, 3.05) is 49.6 Å². The van der Waals surface area contributed by atoms with Gasteiger partial charge < -0.3 is 9.80 Å². The predicted molar refractivity (Wildman–Crippen MR) is 119 cm³/mol. The lowest BCUT2D eigenvalue weighted by Gasteiger charge is -2.42. The number of piperazine rings is 1. The van der Waals surface area contributed by atoms with E-state index >= 15 is 0 Å². The van der Waals surface area contributed by atoms with E-state index in [0.717, 1.165) is 19.0 Å². The minimum absolute atomic E-state index is 0.591. The van der Waals surface area contributed by atoms with Gasteiger partial charge in [-0.2, -0.15) is 11.8 Å². The highest BCUT2D eigenvalue weighted by atomic mass is 32.2. The number of hydrogen-bond acceptors (Lipinski definition) is 6. The number of aromatic nitrogens is 2. The second-order valence-electron chi connectivity index (χ2n) is 9.14. The number of nitrogens with zero attached hydrogens (tertiary/aromatic N) is 5. The minimum Gasteiger partial charge on any atom is -0.332 e. The van der Waals surface area contributed by atoms with E-state index in [2.05, 4.69) is 47.2 Å². The smallest absolute Gasteiger partial charge is 0.225 e. The Bertz CT molecular complexity index is 608. The number of hydrogen-bond donors (Lipinski definition) is 0. The van der Waals surface area contributed by atoms with E-state index in [4.69, 9.17) is 9.97 Å². The van der Waals surface area contributed by atoms with E-state index < -0.39 is 0 Å². The largest absolute Gasteiger partial charge is 0.332 e. The Morgan fingerprint density at radius 2 is 1.79 bits per heavy atom. The standard InChI is InChI=1S/C22H37N5S/c1-17(2)26-15-20-7-8-21(16-26)27(20)22-23-12-19(13-24-22)18-6-4-9-25(14-18)10-5-11-28-3/h12-13,17-18,20-21H,4-11,14-16H2,1-3H3. The number of anilines is 1. The monoisotopic (exact) mass is 403 g/mol. The molecule has 28 heavy (non-hydrogen) atoms. The number of fused-ring (bicyclic) bond motifs is 2. The number of likely N-dealkylation sites (tertiary alicyclic amines) is 2. The molecule has 3 saturated heterocycles. The van der Waals surface area contributed by atoms with Crippen molar-refractivity contribution in [2.24, 2.45) is 0 Å². The Morgan fingerprint density at radius 1 is 1.07 bits per heavy atom. The van der Waals surface area contributed by atoms with Crippen molar-refractivity contribution in [3.63, 3.8) is 0 Å². The van der Waals surface area contributed by atoms with Crippen LogP contribution < -0.4 is 4.90 Å². The first-order chi connectivity index (χ1) is 13.7. The fraction of sp³-hybridized carbons (Fsp3) is 0.818. The zero-order valence-electron chi connectivity index (χ0n) is 17.9. The van der Waals surface area contributed by atoms with E-state index in [1.807, 2.05) is 11.8 Å². The molecule has 0 radical (unpaired) electrons. The highest BCUT2D eigenvalue weighted by molar-refractivity contribution is 7.98. The molecule has 0 aliphatic carbocycles. The fourth-order valence-electron chi connectivity index (χ4n) is 5.32. The Balaban J connectivity index is 1.38. The van der Waals surface area contributed by atoms with E-state index in [-0.39, 0.29) is 0 Å². The van der Waals surface area contributed by atoms with Crippen LogP contribution in [0.25, 0.3) is 0 Å². The molecule has 5 nitrogen and oxygen atoms in total. The van der Waals surface area contributed by atoms with Gasteiger partial charge in [-0.05, 0) is 82.5 Å². The van der Waals surface area contributed by atoms with Crippen molar-refractivity contribution in [1.82, 2.24) is 19.8 Å². The average Bonchev–Trinajstić information content (AvgIpc) is 2.97. The second-order valence-corrected chi connectivity index (χ2v) is 10.1. The van der Waals surface area contributed by atoms with Gasteiger partial charge in [-0.3, -0.25) is 4.90 Å². The molecule has 0 aromatic carbocycles. The summed E-state index contributed by atoms with van der Waals surface area (Å²) in [5, 5.41) is 0. The van der Waals surface area contributed by atoms with Gasteiger partial charge in [0.1, 0.15) is 0 Å². The molecular weight excluding hydrogens is 366 g/mol.